The van der Waals surface area contributed by atoms with Crippen molar-refractivity contribution in [2.24, 2.45) is 0 Å². The van der Waals surface area contributed by atoms with Crippen molar-refractivity contribution >= 4 is 21.5 Å². The van der Waals surface area contributed by atoms with Crippen LogP contribution in [-0.4, -0.2) is 0 Å². The number of fused-ring (bicyclic) bond motifs is 4. The van der Waals surface area contributed by atoms with Crippen LogP contribution in [0.25, 0.3) is 43.8 Å². The molecule has 0 heterocycles. The Hall–Kier alpha value is -4.16. The van der Waals surface area contributed by atoms with Crippen LogP contribution in [0.15, 0.2) is 97.1 Å². The van der Waals surface area contributed by atoms with Crippen LogP contribution < -0.4 is 0 Å². The van der Waals surface area contributed by atoms with Crippen molar-refractivity contribution < 1.29 is 0 Å². The minimum Gasteiger partial charge on any atom is -0.0620 e. The molecule has 6 aromatic carbocycles. The van der Waals surface area contributed by atoms with Gasteiger partial charge >= 0.3 is 0 Å². The van der Waals surface area contributed by atoms with Gasteiger partial charge in [0.05, 0.1) is 0 Å². The second-order valence-electron chi connectivity index (χ2n) is 11.9. The van der Waals surface area contributed by atoms with Gasteiger partial charge in [0, 0.05) is 0 Å². The van der Waals surface area contributed by atoms with Gasteiger partial charge in [0.2, 0.25) is 0 Å². The molecule has 0 bridgehead atoms. The van der Waals surface area contributed by atoms with E-state index in [0.717, 1.165) is 38.5 Å². The highest BCUT2D eigenvalue weighted by Gasteiger charge is 2.29. The molecule has 208 valence electrons. The highest BCUT2D eigenvalue weighted by Crippen LogP contribution is 2.49. The van der Waals surface area contributed by atoms with E-state index in [9.17, 15) is 0 Å². The van der Waals surface area contributed by atoms with Crippen molar-refractivity contribution in [3.05, 3.63) is 142 Å². The Bertz CT molecular complexity index is 1780. The van der Waals surface area contributed by atoms with Gasteiger partial charge in [-0.15, -0.1) is 0 Å². The lowest BCUT2D eigenvalue weighted by atomic mass is 9.73. The average Bonchev–Trinajstić information content (AvgIpc) is 3.04. The smallest absolute Gasteiger partial charge is 0.00135 e. The van der Waals surface area contributed by atoms with Crippen LogP contribution in [0.1, 0.15) is 72.2 Å². The van der Waals surface area contributed by atoms with Gasteiger partial charge in [0.1, 0.15) is 0 Å². The molecule has 0 saturated heterocycles. The van der Waals surface area contributed by atoms with Crippen LogP contribution >= 0.6 is 0 Å². The topological polar surface area (TPSA) is 0 Å². The van der Waals surface area contributed by atoms with Gasteiger partial charge in [-0.05, 0) is 139 Å². The third-order valence-corrected chi connectivity index (χ3v) is 9.74. The summed E-state index contributed by atoms with van der Waals surface area (Å²) in [5.74, 6) is 0. The molecule has 0 spiro atoms. The number of rotatable bonds is 6. The molecular formula is C42H40. The molecule has 1 aliphatic carbocycles. The summed E-state index contributed by atoms with van der Waals surface area (Å²) in [5, 5.41) is 5.45. The maximum atomic E-state index is 2.51. The van der Waals surface area contributed by atoms with E-state index in [4.69, 9.17) is 0 Å². The van der Waals surface area contributed by atoms with E-state index in [1.165, 1.54) is 88.3 Å². The summed E-state index contributed by atoms with van der Waals surface area (Å²) in [7, 11) is 0. The van der Waals surface area contributed by atoms with Crippen molar-refractivity contribution in [3.63, 3.8) is 0 Å². The van der Waals surface area contributed by atoms with E-state index in [2.05, 4.69) is 125 Å². The number of benzene rings is 6. The Morgan fingerprint density at radius 1 is 0.405 bits per heavy atom. The first kappa shape index (κ1) is 26.7. The van der Waals surface area contributed by atoms with Crippen LogP contribution in [0, 0.1) is 0 Å². The number of aryl methyl sites for hydroxylation is 4. The molecule has 6 aromatic rings. The monoisotopic (exact) mass is 544 g/mol. The highest BCUT2D eigenvalue weighted by atomic mass is 14.3. The highest BCUT2D eigenvalue weighted by molar-refractivity contribution is 6.14. The molecule has 0 radical (unpaired) electrons. The second-order valence-corrected chi connectivity index (χ2v) is 11.9. The van der Waals surface area contributed by atoms with Crippen LogP contribution in [0.2, 0.25) is 0 Å². The molecule has 0 atom stereocenters. The van der Waals surface area contributed by atoms with E-state index in [1.807, 2.05) is 0 Å². The first-order valence-corrected chi connectivity index (χ1v) is 16.0. The first-order chi connectivity index (χ1) is 20.7. The zero-order valence-electron chi connectivity index (χ0n) is 25.5. The second kappa shape index (κ2) is 10.9. The Kier molecular flexibility index (Phi) is 6.95. The van der Waals surface area contributed by atoms with Crippen molar-refractivity contribution in [2.45, 2.75) is 66.2 Å². The molecule has 0 fully saturated rings. The van der Waals surface area contributed by atoms with E-state index >= 15 is 0 Å². The SMILES string of the molecule is CCc1cccc(CC)c1-c1c2c(c(-c3c(CC)cccc3CC)c3cc4ccccc4cc13)Cc1ccccc1C2. The third kappa shape index (κ3) is 4.19. The minimum atomic E-state index is 0.980. The molecule has 1 aliphatic rings. The van der Waals surface area contributed by atoms with Crippen LogP contribution in [-0.2, 0) is 38.5 Å². The average molecular weight is 545 g/mol. The van der Waals surface area contributed by atoms with E-state index in [0.29, 0.717) is 0 Å². The summed E-state index contributed by atoms with van der Waals surface area (Å²) in [6, 6.07) is 37.1. The zero-order valence-corrected chi connectivity index (χ0v) is 25.5. The fraction of sp³-hybridized carbons (Fsp3) is 0.238. The Balaban J connectivity index is 1.74. The third-order valence-electron chi connectivity index (χ3n) is 9.74. The summed E-state index contributed by atoms with van der Waals surface area (Å²) in [6.45, 7) is 9.27. The molecule has 0 nitrogen and oxygen atoms in total. The summed E-state index contributed by atoms with van der Waals surface area (Å²) in [4.78, 5) is 0. The van der Waals surface area contributed by atoms with E-state index in [1.54, 1.807) is 0 Å². The number of hydrogen-bond donors (Lipinski definition) is 0. The van der Waals surface area contributed by atoms with Crippen molar-refractivity contribution in [2.75, 3.05) is 0 Å². The van der Waals surface area contributed by atoms with Crippen LogP contribution in [0.3, 0.4) is 0 Å². The zero-order chi connectivity index (χ0) is 28.8. The van der Waals surface area contributed by atoms with Gasteiger partial charge in [-0.3, -0.25) is 0 Å². The standard InChI is InChI=1S/C42H40/c1-5-27-19-13-20-28(6-2)39(27)41-35-23-31-15-9-11-17-33(31)25-37(35)42(40-29(7-3)21-14-22-30(40)8-4)38-26-34-18-12-10-16-32(34)24-36(38)41/h9-23,25H,5-8,24,26H2,1-4H3. The lowest BCUT2D eigenvalue weighted by Gasteiger charge is -2.31. The maximum Gasteiger partial charge on any atom is -0.00135 e. The molecule has 0 aliphatic heterocycles. The van der Waals surface area contributed by atoms with E-state index < -0.39 is 0 Å². The summed E-state index contributed by atoms with van der Waals surface area (Å²) >= 11 is 0. The molecule has 42 heavy (non-hydrogen) atoms. The molecule has 0 saturated carbocycles. The predicted molar refractivity (Wildman–Crippen MR) is 182 cm³/mol. The van der Waals surface area contributed by atoms with Crippen molar-refractivity contribution in [3.8, 4) is 22.3 Å². The quantitative estimate of drug-likeness (QED) is 0.183. The van der Waals surface area contributed by atoms with Gasteiger partial charge in [-0.25, -0.2) is 0 Å². The van der Waals surface area contributed by atoms with Crippen molar-refractivity contribution in [1.82, 2.24) is 0 Å². The lowest BCUT2D eigenvalue weighted by Crippen LogP contribution is -2.13. The Morgan fingerprint density at radius 3 is 1.12 bits per heavy atom. The fourth-order valence-electron chi connectivity index (χ4n) is 7.65. The summed E-state index contributed by atoms with van der Waals surface area (Å²) in [5.41, 5.74) is 17.8. The fourth-order valence-corrected chi connectivity index (χ4v) is 7.65. The molecule has 0 heteroatoms. The largest absolute Gasteiger partial charge is 0.0620 e. The first-order valence-electron chi connectivity index (χ1n) is 16.0. The van der Waals surface area contributed by atoms with Gasteiger partial charge in [-0.2, -0.15) is 0 Å². The van der Waals surface area contributed by atoms with Crippen molar-refractivity contribution in [1.29, 1.82) is 0 Å². The Morgan fingerprint density at radius 2 is 0.762 bits per heavy atom. The summed E-state index contributed by atoms with van der Waals surface area (Å²) in [6.07, 6.45) is 6.09. The molecular weight excluding hydrogens is 504 g/mol. The summed E-state index contributed by atoms with van der Waals surface area (Å²) < 4.78 is 0. The molecule has 0 unspecified atom stereocenters. The predicted octanol–water partition coefficient (Wildman–Crippen LogP) is 11.1. The normalized spacial score (nSPS) is 12.5. The molecule has 0 amide bonds. The van der Waals surface area contributed by atoms with Crippen LogP contribution in [0.4, 0.5) is 0 Å². The Labute approximate surface area is 251 Å². The van der Waals surface area contributed by atoms with E-state index in [-0.39, 0.29) is 0 Å². The number of hydrogen-bond acceptors (Lipinski definition) is 0. The van der Waals surface area contributed by atoms with Gasteiger partial charge < -0.3 is 0 Å². The van der Waals surface area contributed by atoms with Gasteiger partial charge in [0.25, 0.3) is 0 Å². The van der Waals surface area contributed by atoms with Gasteiger partial charge in [-0.1, -0.05) is 113 Å². The maximum absolute atomic E-state index is 2.51. The molecule has 7 rings (SSSR count). The minimum absolute atomic E-state index is 0.980. The lowest BCUT2D eigenvalue weighted by molar-refractivity contribution is 1.00. The molecule has 0 N–H and O–H groups in total. The van der Waals surface area contributed by atoms with Gasteiger partial charge in [0.15, 0.2) is 0 Å². The van der Waals surface area contributed by atoms with Crippen LogP contribution in [0.5, 0.6) is 0 Å². The molecule has 0 aromatic heterocycles.